The van der Waals surface area contributed by atoms with Crippen LogP contribution >= 0.6 is 0 Å². The molecular weight excluding hydrogens is 364 g/mol. The highest BCUT2D eigenvalue weighted by molar-refractivity contribution is 5.94. The van der Waals surface area contributed by atoms with Crippen molar-refractivity contribution in [3.8, 4) is 28.4 Å². The van der Waals surface area contributed by atoms with Gasteiger partial charge in [0.1, 0.15) is 13.2 Å². The van der Waals surface area contributed by atoms with Crippen molar-refractivity contribution in [1.29, 1.82) is 0 Å². The van der Waals surface area contributed by atoms with Crippen LogP contribution in [0.1, 0.15) is 15.9 Å². The van der Waals surface area contributed by atoms with E-state index in [1.807, 2.05) is 24.3 Å². The van der Waals surface area contributed by atoms with E-state index in [-0.39, 0.29) is 25.8 Å². The first-order valence-electron chi connectivity index (χ1n) is 8.97. The second kappa shape index (κ2) is 7.33. The van der Waals surface area contributed by atoms with Crippen LogP contribution in [0.3, 0.4) is 0 Å². The Morgan fingerprint density at radius 2 is 1.86 bits per heavy atom. The normalized spacial score (nSPS) is 16.8. The van der Waals surface area contributed by atoms with Crippen LogP contribution in [0, 0.1) is 5.41 Å². The number of hydrogen-bond acceptors (Lipinski definition) is 7. The lowest BCUT2D eigenvalue weighted by atomic mass is 9.88. The minimum atomic E-state index is -0.413. The molecule has 0 amide bonds. The highest BCUT2D eigenvalue weighted by Gasteiger charge is 2.39. The number of cyclic esters (lactones) is 1. The SMILES string of the molecule is COc1ccc(-c2ccc3c(c2)COC3=O)c(OCC2(CO)COC2)c1OC. The van der Waals surface area contributed by atoms with Crippen LogP contribution in [-0.2, 0) is 16.1 Å². The van der Waals surface area contributed by atoms with E-state index in [1.54, 1.807) is 20.3 Å². The van der Waals surface area contributed by atoms with Crippen molar-refractivity contribution in [2.45, 2.75) is 6.61 Å². The molecule has 0 spiro atoms. The van der Waals surface area contributed by atoms with Gasteiger partial charge in [0.15, 0.2) is 11.5 Å². The number of carbonyl (C=O) groups is 1. The Balaban J connectivity index is 1.75. The van der Waals surface area contributed by atoms with Crippen LogP contribution in [0.15, 0.2) is 30.3 Å². The maximum atomic E-state index is 11.7. The minimum Gasteiger partial charge on any atom is -0.493 e. The summed E-state index contributed by atoms with van der Waals surface area (Å²) in [7, 11) is 3.12. The van der Waals surface area contributed by atoms with Gasteiger partial charge in [-0.2, -0.15) is 0 Å². The fourth-order valence-electron chi connectivity index (χ4n) is 3.41. The van der Waals surface area contributed by atoms with E-state index in [9.17, 15) is 9.90 Å². The van der Waals surface area contributed by atoms with Crippen LogP contribution in [0.25, 0.3) is 11.1 Å². The number of hydrogen-bond donors (Lipinski definition) is 1. The molecule has 7 nitrogen and oxygen atoms in total. The molecule has 2 aromatic carbocycles. The molecule has 7 heteroatoms. The Kier molecular flexibility index (Phi) is 4.87. The lowest BCUT2D eigenvalue weighted by Crippen LogP contribution is -2.50. The van der Waals surface area contributed by atoms with Crippen LogP contribution in [0.4, 0.5) is 0 Å². The van der Waals surface area contributed by atoms with Crippen molar-refractivity contribution in [3.63, 3.8) is 0 Å². The number of methoxy groups -OCH3 is 2. The van der Waals surface area contributed by atoms with Crippen molar-refractivity contribution in [3.05, 3.63) is 41.5 Å². The summed E-state index contributed by atoms with van der Waals surface area (Å²) >= 11 is 0. The maximum Gasteiger partial charge on any atom is 0.338 e. The number of rotatable bonds is 7. The van der Waals surface area contributed by atoms with Gasteiger partial charge in [-0.1, -0.05) is 6.07 Å². The van der Waals surface area contributed by atoms with Crippen LogP contribution in [0.5, 0.6) is 17.2 Å². The van der Waals surface area contributed by atoms with Crippen LogP contribution < -0.4 is 14.2 Å². The van der Waals surface area contributed by atoms with E-state index in [4.69, 9.17) is 23.7 Å². The fourth-order valence-corrected chi connectivity index (χ4v) is 3.41. The summed E-state index contributed by atoms with van der Waals surface area (Å²) in [6.45, 7) is 1.42. The molecule has 4 rings (SSSR count). The summed E-state index contributed by atoms with van der Waals surface area (Å²) in [5.41, 5.74) is 2.67. The summed E-state index contributed by atoms with van der Waals surface area (Å²) < 4.78 is 27.5. The largest absolute Gasteiger partial charge is 0.493 e. The molecule has 0 atom stereocenters. The Labute approximate surface area is 162 Å². The zero-order chi connectivity index (χ0) is 19.7. The van der Waals surface area contributed by atoms with Gasteiger partial charge in [-0.25, -0.2) is 4.79 Å². The Morgan fingerprint density at radius 1 is 1.07 bits per heavy atom. The molecule has 1 saturated heterocycles. The van der Waals surface area contributed by atoms with E-state index >= 15 is 0 Å². The van der Waals surface area contributed by atoms with Crippen molar-refractivity contribution in [2.24, 2.45) is 5.41 Å². The molecule has 0 radical (unpaired) electrons. The number of fused-ring (bicyclic) bond motifs is 1. The first-order chi connectivity index (χ1) is 13.6. The predicted octanol–water partition coefficient (Wildman–Crippen LogP) is 2.43. The van der Waals surface area contributed by atoms with E-state index in [1.165, 1.54) is 0 Å². The number of aliphatic hydroxyl groups is 1. The fraction of sp³-hybridized carbons (Fsp3) is 0.381. The van der Waals surface area contributed by atoms with Gasteiger partial charge in [-0.15, -0.1) is 0 Å². The highest BCUT2D eigenvalue weighted by atomic mass is 16.5. The average molecular weight is 386 g/mol. The molecular formula is C21H22O7. The summed E-state index contributed by atoms with van der Waals surface area (Å²) in [6.07, 6.45) is 0. The van der Waals surface area contributed by atoms with Gasteiger partial charge in [0.2, 0.25) is 5.75 Å². The quantitative estimate of drug-likeness (QED) is 0.732. The smallest absolute Gasteiger partial charge is 0.338 e. The molecule has 2 aliphatic heterocycles. The minimum absolute atomic E-state index is 0.0209. The topological polar surface area (TPSA) is 83.5 Å². The van der Waals surface area contributed by atoms with Gasteiger partial charge in [0.05, 0.1) is 45.0 Å². The summed E-state index contributed by atoms with van der Waals surface area (Å²) in [5.74, 6) is 1.23. The van der Waals surface area contributed by atoms with Gasteiger partial charge in [0, 0.05) is 11.1 Å². The third-order valence-corrected chi connectivity index (χ3v) is 5.17. The van der Waals surface area contributed by atoms with Gasteiger partial charge in [-0.05, 0) is 29.8 Å². The summed E-state index contributed by atoms with van der Waals surface area (Å²) in [5, 5.41) is 9.70. The second-order valence-corrected chi connectivity index (χ2v) is 7.07. The lowest BCUT2D eigenvalue weighted by Gasteiger charge is -2.39. The van der Waals surface area contributed by atoms with Crippen LogP contribution in [0.2, 0.25) is 0 Å². The number of benzene rings is 2. The molecule has 0 saturated carbocycles. The zero-order valence-corrected chi connectivity index (χ0v) is 15.8. The van der Waals surface area contributed by atoms with E-state index in [0.29, 0.717) is 36.0 Å². The third kappa shape index (κ3) is 3.06. The predicted molar refractivity (Wildman–Crippen MR) is 99.9 cm³/mol. The van der Waals surface area contributed by atoms with E-state index < -0.39 is 5.41 Å². The number of ether oxygens (including phenoxy) is 5. The maximum absolute atomic E-state index is 11.7. The molecule has 28 heavy (non-hydrogen) atoms. The first-order valence-corrected chi connectivity index (χ1v) is 8.97. The Bertz CT molecular complexity index is 896. The summed E-state index contributed by atoms with van der Waals surface area (Å²) in [6, 6.07) is 9.23. The standard InChI is InChI=1S/C21H22O7/c1-24-17-6-5-15(13-3-4-16-14(7-13)8-27-20(16)23)18(19(17)25-2)28-12-21(9-22)10-26-11-21/h3-7,22H,8-12H2,1-2H3. The number of esters is 1. The monoisotopic (exact) mass is 386 g/mol. The van der Waals surface area contributed by atoms with Gasteiger partial charge in [0.25, 0.3) is 0 Å². The average Bonchev–Trinajstić information content (AvgIpc) is 3.07. The lowest BCUT2D eigenvalue weighted by molar-refractivity contribution is -0.153. The van der Waals surface area contributed by atoms with E-state index in [2.05, 4.69) is 0 Å². The third-order valence-electron chi connectivity index (χ3n) is 5.17. The highest BCUT2D eigenvalue weighted by Crippen LogP contribution is 2.46. The van der Waals surface area contributed by atoms with Gasteiger partial charge >= 0.3 is 5.97 Å². The number of carbonyl (C=O) groups excluding carboxylic acids is 1. The van der Waals surface area contributed by atoms with Crippen LogP contribution in [-0.4, -0.2) is 51.7 Å². The molecule has 1 fully saturated rings. The van der Waals surface area contributed by atoms with Crippen molar-refractivity contribution in [2.75, 3.05) is 40.6 Å². The second-order valence-electron chi connectivity index (χ2n) is 7.07. The Morgan fingerprint density at radius 3 is 2.50 bits per heavy atom. The first kappa shape index (κ1) is 18.6. The molecule has 0 aromatic heterocycles. The molecule has 2 aliphatic rings. The van der Waals surface area contributed by atoms with Crippen molar-refractivity contribution < 1.29 is 33.6 Å². The van der Waals surface area contributed by atoms with E-state index in [0.717, 1.165) is 16.7 Å². The molecule has 0 aliphatic carbocycles. The number of aliphatic hydroxyl groups excluding tert-OH is 1. The van der Waals surface area contributed by atoms with Gasteiger partial charge < -0.3 is 28.8 Å². The zero-order valence-electron chi connectivity index (χ0n) is 15.8. The Hall–Kier alpha value is -2.77. The van der Waals surface area contributed by atoms with Gasteiger partial charge in [-0.3, -0.25) is 0 Å². The molecule has 2 aromatic rings. The van der Waals surface area contributed by atoms with Crippen molar-refractivity contribution in [1.82, 2.24) is 0 Å². The molecule has 0 bridgehead atoms. The van der Waals surface area contributed by atoms with Crippen molar-refractivity contribution >= 4 is 5.97 Å². The summed E-state index contributed by atoms with van der Waals surface area (Å²) in [4.78, 5) is 11.7. The molecule has 148 valence electrons. The molecule has 0 unspecified atom stereocenters. The molecule has 1 N–H and O–H groups in total. The molecule has 2 heterocycles.